The largest absolute Gasteiger partial charge is 0.352 e. The van der Waals surface area contributed by atoms with Crippen molar-refractivity contribution >= 4 is 40.3 Å². The summed E-state index contributed by atoms with van der Waals surface area (Å²) >= 11 is 1.39. The number of thioether (sulfide) groups is 1. The monoisotopic (exact) mass is 499 g/mol. The van der Waals surface area contributed by atoms with Crippen molar-refractivity contribution in [3.05, 3.63) is 29.8 Å². The zero-order chi connectivity index (χ0) is 24.6. The molecule has 2 N–H and O–H groups in total. The van der Waals surface area contributed by atoms with Gasteiger partial charge in [-0.25, -0.2) is 0 Å². The molecule has 0 aromatic heterocycles. The highest BCUT2D eigenvalue weighted by molar-refractivity contribution is 8.15. The van der Waals surface area contributed by atoms with Crippen molar-refractivity contribution in [1.29, 1.82) is 0 Å². The Kier molecular flexibility index (Phi) is 9.20. The van der Waals surface area contributed by atoms with Crippen LogP contribution in [0.15, 0.2) is 29.3 Å². The van der Waals surface area contributed by atoms with E-state index in [1.165, 1.54) is 37.6 Å². The van der Waals surface area contributed by atoms with Crippen molar-refractivity contribution in [2.45, 2.75) is 69.6 Å². The fraction of sp³-hybridized carbons (Fsp3) is 0.615. The van der Waals surface area contributed by atoms with E-state index in [0.29, 0.717) is 23.8 Å². The maximum absolute atomic E-state index is 12.5. The van der Waals surface area contributed by atoms with E-state index in [4.69, 9.17) is 0 Å². The van der Waals surface area contributed by atoms with Gasteiger partial charge in [0.15, 0.2) is 5.17 Å². The van der Waals surface area contributed by atoms with Gasteiger partial charge in [-0.15, -0.1) is 0 Å². The number of amides is 3. The van der Waals surface area contributed by atoms with Gasteiger partial charge in [0.2, 0.25) is 5.91 Å². The third-order valence-electron chi connectivity index (χ3n) is 7.01. The molecule has 3 aliphatic rings. The number of aliphatic imine (C=N–C) groups is 1. The van der Waals surface area contributed by atoms with Crippen molar-refractivity contribution < 1.29 is 14.4 Å². The molecular weight excluding hydrogens is 462 g/mol. The van der Waals surface area contributed by atoms with Crippen LogP contribution in [-0.2, 0) is 9.59 Å². The zero-order valence-corrected chi connectivity index (χ0v) is 21.4. The second-order valence-electron chi connectivity index (χ2n) is 9.71. The first-order valence-electron chi connectivity index (χ1n) is 13.0. The van der Waals surface area contributed by atoms with Crippen molar-refractivity contribution in [3.63, 3.8) is 0 Å². The molecule has 1 aromatic carbocycles. The van der Waals surface area contributed by atoms with Gasteiger partial charge in [0.05, 0.1) is 0 Å². The van der Waals surface area contributed by atoms with Crippen LogP contribution in [0.2, 0.25) is 0 Å². The molecule has 0 saturated carbocycles. The first kappa shape index (κ1) is 25.7. The number of hydrogen-bond donors (Lipinski definition) is 2. The Balaban J connectivity index is 1.14. The molecule has 190 valence electrons. The van der Waals surface area contributed by atoms with E-state index in [1.54, 1.807) is 24.3 Å². The molecule has 9 heteroatoms. The molecule has 4 rings (SSSR count). The fourth-order valence-corrected chi connectivity index (χ4v) is 5.99. The summed E-state index contributed by atoms with van der Waals surface area (Å²) in [7, 11) is 0. The van der Waals surface area contributed by atoms with Crippen LogP contribution in [0.25, 0.3) is 0 Å². The lowest BCUT2D eigenvalue weighted by Gasteiger charge is -2.33. The molecule has 2 fully saturated rings. The summed E-state index contributed by atoms with van der Waals surface area (Å²) in [6, 6.07) is 7.55. The smallest absolute Gasteiger partial charge is 0.262 e. The normalized spacial score (nSPS) is 22.8. The number of nitrogens with zero attached hydrogens (tertiary/aromatic N) is 3. The third-order valence-corrected chi connectivity index (χ3v) is 8.22. The number of piperidine rings is 1. The summed E-state index contributed by atoms with van der Waals surface area (Å²) in [6.07, 6.45) is 8.29. The average Bonchev–Trinajstić information content (AvgIpc) is 3.51. The summed E-state index contributed by atoms with van der Waals surface area (Å²) < 4.78 is 0. The van der Waals surface area contributed by atoms with E-state index in [2.05, 4.69) is 32.3 Å². The highest BCUT2D eigenvalue weighted by Crippen LogP contribution is 2.29. The molecule has 1 aromatic rings. The van der Waals surface area contributed by atoms with Crippen molar-refractivity contribution in [1.82, 2.24) is 15.1 Å². The maximum atomic E-state index is 12.5. The molecule has 3 amide bonds. The molecule has 3 heterocycles. The molecular formula is C26H37N5O3S. The third kappa shape index (κ3) is 7.30. The molecule has 2 atom stereocenters. The van der Waals surface area contributed by atoms with Gasteiger partial charge in [-0.2, -0.15) is 4.99 Å². The second-order valence-corrected chi connectivity index (χ2v) is 10.9. The van der Waals surface area contributed by atoms with Gasteiger partial charge in [0.1, 0.15) is 5.25 Å². The standard InChI is InChI=1S/C26H37N5O3S/c1-19-8-2-4-14-30(19)15-5-3-13-27-24(33)20-9-11-21(12-10-20)28-23(32)18-22-25(34)29-26(35-22)31-16-6-7-17-31/h9-12,19,22H,2-8,13-18H2,1H3,(H,27,33)(H,28,32). The van der Waals surface area contributed by atoms with Crippen LogP contribution in [0.4, 0.5) is 5.69 Å². The summed E-state index contributed by atoms with van der Waals surface area (Å²) in [5.41, 5.74) is 1.18. The molecule has 0 radical (unpaired) electrons. The van der Waals surface area contributed by atoms with Crippen LogP contribution in [-0.4, -0.2) is 76.7 Å². The van der Waals surface area contributed by atoms with Gasteiger partial charge >= 0.3 is 0 Å². The van der Waals surface area contributed by atoms with Crippen molar-refractivity contribution in [3.8, 4) is 0 Å². The highest BCUT2D eigenvalue weighted by atomic mass is 32.2. The second kappa shape index (κ2) is 12.5. The zero-order valence-electron chi connectivity index (χ0n) is 20.6. The van der Waals surface area contributed by atoms with Crippen LogP contribution >= 0.6 is 11.8 Å². The Hall–Kier alpha value is -2.39. The summed E-state index contributed by atoms with van der Waals surface area (Å²) in [6.45, 7) is 7.11. The summed E-state index contributed by atoms with van der Waals surface area (Å²) in [5.74, 6) is -0.563. The van der Waals surface area contributed by atoms with Crippen LogP contribution in [0, 0.1) is 0 Å². The Morgan fingerprint density at radius 1 is 1.06 bits per heavy atom. The van der Waals surface area contributed by atoms with E-state index in [-0.39, 0.29) is 24.1 Å². The van der Waals surface area contributed by atoms with Crippen LogP contribution in [0.1, 0.15) is 68.6 Å². The lowest BCUT2D eigenvalue weighted by atomic mass is 10.0. The number of likely N-dealkylation sites (tertiary alicyclic amines) is 2. The van der Waals surface area contributed by atoms with Gasteiger partial charge in [-0.05, 0) is 82.8 Å². The van der Waals surface area contributed by atoms with Crippen LogP contribution in [0.5, 0.6) is 0 Å². The predicted octanol–water partition coefficient (Wildman–Crippen LogP) is 3.49. The van der Waals surface area contributed by atoms with Crippen LogP contribution in [0.3, 0.4) is 0 Å². The lowest BCUT2D eigenvalue weighted by molar-refractivity contribution is -0.121. The first-order valence-corrected chi connectivity index (χ1v) is 13.8. The minimum absolute atomic E-state index is 0.0861. The number of rotatable bonds is 9. The molecule has 35 heavy (non-hydrogen) atoms. The number of amidine groups is 1. The number of carbonyl (C=O) groups is 3. The summed E-state index contributed by atoms with van der Waals surface area (Å²) in [4.78, 5) is 45.9. The number of unbranched alkanes of at least 4 members (excludes halogenated alkanes) is 1. The Labute approximate surface area is 212 Å². The van der Waals surface area contributed by atoms with Gasteiger partial charge in [-0.1, -0.05) is 18.2 Å². The van der Waals surface area contributed by atoms with Crippen molar-refractivity contribution in [2.75, 3.05) is 38.0 Å². The minimum atomic E-state index is -0.464. The predicted molar refractivity (Wildman–Crippen MR) is 141 cm³/mol. The average molecular weight is 500 g/mol. The van der Waals surface area contributed by atoms with E-state index >= 15 is 0 Å². The number of carbonyl (C=O) groups excluding carboxylic acids is 3. The van der Waals surface area contributed by atoms with Crippen molar-refractivity contribution in [2.24, 2.45) is 4.99 Å². The Morgan fingerprint density at radius 3 is 2.54 bits per heavy atom. The minimum Gasteiger partial charge on any atom is -0.352 e. The molecule has 0 bridgehead atoms. The number of hydrogen-bond acceptors (Lipinski definition) is 6. The number of nitrogens with one attached hydrogen (secondary N) is 2. The molecule has 0 spiro atoms. The SMILES string of the molecule is CC1CCCCN1CCCCNC(=O)c1ccc(NC(=O)CC2SC(N3CCCC3)=NC2=O)cc1. The molecule has 0 aliphatic carbocycles. The Bertz CT molecular complexity index is 929. The topological polar surface area (TPSA) is 94.1 Å². The van der Waals surface area contributed by atoms with E-state index in [1.807, 2.05) is 0 Å². The highest BCUT2D eigenvalue weighted by Gasteiger charge is 2.33. The molecule has 2 saturated heterocycles. The lowest BCUT2D eigenvalue weighted by Crippen LogP contribution is -2.38. The van der Waals surface area contributed by atoms with Gasteiger partial charge < -0.3 is 20.4 Å². The number of anilines is 1. The first-order chi connectivity index (χ1) is 17.0. The number of benzene rings is 1. The molecule has 8 nitrogen and oxygen atoms in total. The Morgan fingerprint density at radius 2 is 1.80 bits per heavy atom. The van der Waals surface area contributed by atoms with Gasteiger partial charge in [-0.3, -0.25) is 14.4 Å². The maximum Gasteiger partial charge on any atom is 0.262 e. The van der Waals surface area contributed by atoms with Crippen LogP contribution < -0.4 is 10.6 Å². The van der Waals surface area contributed by atoms with E-state index in [9.17, 15) is 14.4 Å². The van der Waals surface area contributed by atoms with Gasteiger partial charge in [0.25, 0.3) is 11.8 Å². The van der Waals surface area contributed by atoms with E-state index in [0.717, 1.165) is 50.5 Å². The molecule has 3 aliphatic heterocycles. The van der Waals surface area contributed by atoms with E-state index < -0.39 is 5.25 Å². The fourth-order valence-electron chi connectivity index (χ4n) is 4.87. The quantitative estimate of drug-likeness (QED) is 0.505. The summed E-state index contributed by atoms with van der Waals surface area (Å²) in [5, 5.41) is 6.10. The van der Waals surface area contributed by atoms with Gasteiger partial charge in [0, 0.05) is 43.3 Å². The molecule has 2 unspecified atom stereocenters.